The monoisotopic (exact) mass is 212 g/mol. The van der Waals surface area contributed by atoms with E-state index in [1.54, 1.807) is 25.3 Å². The molecule has 1 rings (SSSR count). The Hall–Kier alpha value is -1.09. The van der Waals surface area contributed by atoms with Crippen molar-refractivity contribution in [2.45, 2.75) is 19.9 Å². The van der Waals surface area contributed by atoms with Crippen LogP contribution in [0.15, 0.2) is 28.4 Å². The van der Waals surface area contributed by atoms with E-state index in [1.807, 2.05) is 13.8 Å². The number of halogens is 1. The van der Waals surface area contributed by atoms with Crippen molar-refractivity contribution >= 4 is 17.3 Å². The summed E-state index contributed by atoms with van der Waals surface area (Å²) in [6, 6.07) is 5.46. The van der Waals surface area contributed by atoms with Crippen LogP contribution in [-0.2, 0) is 0 Å². The van der Waals surface area contributed by atoms with Crippen molar-refractivity contribution in [3.8, 4) is 5.75 Å². The second-order valence-corrected chi connectivity index (χ2v) is 3.53. The molecule has 0 aliphatic rings. The molecule has 4 heteroatoms. The van der Waals surface area contributed by atoms with Crippen LogP contribution in [0, 0.1) is 0 Å². The minimum absolute atomic E-state index is 0.164. The van der Waals surface area contributed by atoms with Crippen LogP contribution in [-0.4, -0.2) is 13.2 Å². The number of ether oxygens (including phenoxy) is 1. The maximum atomic E-state index is 5.93. The molecule has 0 unspecified atom stereocenters. The Morgan fingerprint density at radius 2 is 2.07 bits per heavy atom. The largest absolute Gasteiger partial charge is 0.497 e. The summed E-state index contributed by atoms with van der Waals surface area (Å²) in [5.41, 5.74) is 0.639. The van der Waals surface area contributed by atoms with Gasteiger partial charge in [0.1, 0.15) is 11.4 Å². The van der Waals surface area contributed by atoms with Gasteiger partial charge in [0, 0.05) is 6.07 Å². The smallest absolute Gasteiger partial charge is 0.121 e. The first-order chi connectivity index (χ1) is 6.63. The number of benzene rings is 1. The van der Waals surface area contributed by atoms with Crippen LogP contribution in [0.1, 0.15) is 13.8 Å². The van der Waals surface area contributed by atoms with Crippen molar-refractivity contribution in [1.82, 2.24) is 0 Å². The summed E-state index contributed by atoms with van der Waals surface area (Å²) in [5.74, 6) is 0.729. The van der Waals surface area contributed by atoms with Crippen LogP contribution in [0.2, 0.25) is 5.02 Å². The van der Waals surface area contributed by atoms with Gasteiger partial charge in [-0.2, -0.15) is 10.2 Å². The third kappa shape index (κ3) is 3.00. The number of hydrogen-bond acceptors (Lipinski definition) is 3. The molecule has 0 atom stereocenters. The zero-order chi connectivity index (χ0) is 10.6. The fourth-order valence-electron chi connectivity index (χ4n) is 0.874. The molecule has 0 heterocycles. The lowest BCUT2D eigenvalue weighted by Gasteiger charge is -2.02. The summed E-state index contributed by atoms with van der Waals surface area (Å²) < 4.78 is 5.06. The zero-order valence-corrected chi connectivity index (χ0v) is 9.25. The maximum Gasteiger partial charge on any atom is 0.121 e. The first-order valence-corrected chi connectivity index (χ1v) is 4.75. The molecule has 0 saturated carbocycles. The molecule has 3 nitrogen and oxygen atoms in total. The fourth-order valence-corrected chi connectivity index (χ4v) is 1.03. The molecule has 0 aliphatic carbocycles. The van der Waals surface area contributed by atoms with E-state index in [1.165, 1.54) is 0 Å². The Morgan fingerprint density at radius 3 is 2.64 bits per heavy atom. The average molecular weight is 213 g/mol. The van der Waals surface area contributed by atoms with Crippen molar-refractivity contribution in [1.29, 1.82) is 0 Å². The lowest BCUT2D eigenvalue weighted by atomic mass is 10.3. The molecule has 0 bridgehead atoms. The molecular weight excluding hydrogens is 200 g/mol. The van der Waals surface area contributed by atoms with E-state index in [0.29, 0.717) is 10.7 Å². The van der Waals surface area contributed by atoms with E-state index in [2.05, 4.69) is 10.2 Å². The standard InChI is InChI=1S/C10H13ClN2O/c1-7(2)12-13-10-6-8(14-3)4-5-9(10)11/h4-7H,1-3H3. The van der Waals surface area contributed by atoms with Gasteiger partial charge in [-0.05, 0) is 26.0 Å². The third-order valence-corrected chi connectivity index (χ3v) is 1.87. The summed E-state index contributed by atoms with van der Waals surface area (Å²) in [7, 11) is 1.60. The van der Waals surface area contributed by atoms with Gasteiger partial charge in [0.25, 0.3) is 0 Å². The SMILES string of the molecule is COc1ccc(Cl)c(N=NC(C)C)c1. The van der Waals surface area contributed by atoms with Gasteiger partial charge in [-0.1, -0.05) is 11.6 Å². The Bertz CT molecular complexity index is 337. The van der Waals surface area contributed by atoms with E-state index in [-0.39, 0.29) is 6.04 Å². The molecule has 0 saturated heterocycles. The molecule has 0 fully saturated rings. The Kier molecular flexibility index (Phi) is 3.89. The molecule has 0 aromatic heterocycles. The molecule has 0 aliphatic heterocycles. The van der Waals surface area contributed by atoms with Crippen LogP contribution in [0.3, 0.4) is 0 Å². The van der Waals surface area contributed by atoms with Crippen LogP contribution in [0.25, 0.3) is 0 Å². The average Bonchev–Trinajstić information content (AvgIpc) is 2.16. The summed E-state index contributed by atoms with van der Waals surface area (Å²) in [5, 5.41) is 8.62. The highest BCUT2D eigenvalue weighted by Gasteiger charge is 2.01. The first-order valence-electron chi connectivity index (χ1n) is 4.38. The number of nitrogens with zero attached hydrogens (tertiary/aromatic N) is 2. The first kappa shape index (κ1) is 11.0. The summed E-state index contributed by atoms with van der Waals surface area (Å²) >= 11 is 5.93. The molecular formula is C10H13ClN2O. The zero-order valence-electron chi connectivity index (χ0n) is 8.49. The van der Waals surface area contributed by atoms with Crippen LogP contribution in [0.5, 0.6) is 5.75 Å². The van der Waals surface area contributed by atoms with E-state index in [0.717, 1.165) is 5.75 Å². The summed E-state index contributed by atoms with van der Waals surface area (Å²) in [6.07, 6.45) is 0. The summed E-state index contributed by atoms with van der Waals surface area (Å²) in [6.45, 7) is 3.91. The topological polar surface area (TPSA) is 34.0 Å². The van der Waals surface area contributed by atoms with Gasteiger partial charge in [0.15, 0.2) is 0 Å². The minimum Gasteiger partial charge on any atom is -0.497 e. The quantitative estimate of drug-likeness (QED) is 0.701. The molecule has 1 aromatic carbocycles. The van der Waals surface area contributed by atoms with E-state index < -0.39 is 0 Å². The van der Waals surface area contributed by atoms with Gasteiger partial charge in [0.05, 0.1) is 18.2 Å². The molecule has 76 valence electrons. The van der Waals surface area contributed by atoms with Crippen molar-refractivity contribution in [3.05, 3.63) is 23.2 Å². The van der Waals surface area contributed by atoms with E-state index >= 15 is 0 Å². The fraction of sp³-hybridized carbons (Fsp3) is 0.400. The van der Waals surface area contributed by atoms with E-state index in [4.69, 9.17) is 16.3 Å². The van der Waals surface area contributed by atoms with E-state index in [9.17, 15) is 0 Å². The van der Waals surface area contributed by atoms with Gasteiger partial charge in [0.2, 0.25) is 0 Å². The molecule has 14 heavy (non-hydrogen) atoms. The molecule has 0 amide bonds. The highest BCUT2D eigenvalue weighted by atomic mass is 35.5. The lowest BCUT2D eigenvalue weighted by Crippen LogP contribution is -1.85. The van der Waals surface area contributed by atoms with Gasteiger partial charge < -0.3 is 4.74 Å². The van der Waals surface area contributed by atoms with Crippen LogP contribution >= 0.6 is 11.6 Å². The molecule has 1 aromatic rings. The van der Waals surface area contributed by atoms with Crippen LogP contribution in [0.4, 0.5) is 5.69 Å². The maximum absolute atomic E-state index is 5.93. The minimum atomic E-state index is 0.164. The van der Waals surface area contributed by atoms with Gasteiger partial charge in [-0.15, -0.1) is 0 Å². The van der Waals surface area contributed by atoms with Gasteiger partial charge in [-0.25, -0.2) is 0 Å². The Morgan fingerprint density at radius 1 is 1.36 bits per heavy atom. The number of methoxy groups -OCH3 is 1. The van der Waals surface area contributed by atoms with Gasteiger partial charge >= 0.3 is 0 Å². The van der Waals surface area contributed by atoms with Crippen molar-refractivity contribution in [3.63, 3.8) is 0 Å². The van der Waals surface area contributed by atoms with Crippen molar-refractivity contribution < 1.29 is 4.74 Å². The number of rotatable bonds is 3. The Balaban J connectivity index is 2.94. The van der Waals surface area contributed by atoms with Crippen molar-refractivity contribution in [2.24, 2.45) is 10.2 Å². The van der Waals surface area contributed by atoms with Crippen molar-refractivity contribution in [2.75, 3.05) is 7.11 Å². The second kappa shape index (κ2) is 4.96. The number of hydrogen-bond donors (Lipinski definition) is 0. The predicted molar refractivity (Wildman–Crippen MR) is 57.7 cm³/mol. The third-order valence-electron chi connectivity index (χ3n) is 1.55. The molecule has 0 N–H and O–H groups in total. The highest BCUT2D eigenvalue weighted by Crippen LogP contribution is 2.29. The lowest BCUT2D eigenvalue weighted by molar-refractivity contribution is 0.415. The molecule has 0 spiro atoms. The second-order valence-electron chi connectivity index (χ2n) is 3.13. The molecule has 0 radical (unpaired) electrons. The summed E-state index contributed by atoms with van der Waals surface area (Å²) in [4.78, 5) is 0. The number of azo groups is 1. The van der Waals surface area contributed by atoms with Gasteiger partial charge in [-0.3, -0.25) is 0 Å². The Labute approximate surface area is 88.8 Å². The highest BCUT2D eigenvalue weighted by molar-refractivity contribution is 6.33. The van der Waals surface area contributed by atoms with Crippen LogP contribution < -0.4 is 4.74 Å². The normalized spacial score (nSPS) is 11.2. The predicted octanol–water partition coefficient (Wildman–Crippen LogP) is 3.84.